The fourth-order valence-electron chi connectivity index (χ4n) is 2.08. The second kappa shape index (κ2) is 7.51. The van der Waals surface area contributed by atoms with Crippen LogP contribution in [0.4, 0.5) is 11.5 Å². The number of hydrogen-bond acceptors (Lipinski definition) is 6. The van der Waals surface area contributed by atoms with E-state index >= 15 is 0 Å². The third-order valence-electron chi connectivity index (χ3n) is 3.13. The highest BCUT2D eigenvalue weighted by atomic mass is 16.6. The Labute approximate surface area is 134 Å². The quantitative estimate of drug-likeness (QED) is 0.478. The molecule has 1 aromatic heterocycles. The van der Waals surface area contributed by atoms with Gasteiger partial charge >= 0.3 is 0 Å². The van der Waals surface area contributed by atoms with Gasteiger partial charge < -0.3 is 10.1 Å². The summed E-state index contributed by atoms with van der Waals surface area (Å²) >= 11 is 0. The van der Waals surface area contributed by atoms with E-state index in [1.165, 1.54) is 12.1 Å². The van der Waals surface area contributed by atoms with Crippen molar-refractivity contribution in [2.45, 2.75) is 13.8 Å². The minimum Gasteiger partial charge on any atom is -0.379 e. The van der Waals surface area contributed by atoms with Crippen molar-refractivity contribution in [2.24, 2.45) is 5.92 Å². The Bertz CT molecular complexity index is 753. The molecule has 0 saturated heterocycles. The summed E-state index contributed by atoms with van der Waals surface area (Å²) in [7, 11) is 0. The molecule has 0 aliphatic rings. The SMILES string of the molecule is CC(C)COCCNc1cc(C#N)c2cc([N+](=O)[O-])ccc2n1. The zero-order valence-corrected chi connectivity index (χ0v) is 13.1. The predicted molar refractivity (Wildman–Crippen MR) is 87.3 cm³/mol. The molecule has 23 heavy (non-hydrogen) atoms. The van der Waals surface area contributed by atoms with E-state index in [0.717, 1.165) is 0 Å². The summed E-state index contributed by atoms with van der Waals surface area (Å²) in [6.45, 7) is 5.97. The van der Waals surface area contributed by atoms with Crippen LogP contribution in [-0.2, 0) is 4.74 Å². The Kier molecular flexibility index (Phi) is 5.44. The summed E-state index contributed by atoms with van der Waals surface area (Å²) in [4.78, 5) is 14.7. The van der Waals surface area contributed by atoms with Crippen LogP contribution in [0.3, 0.4) is 0 Å². The van der Waals surface area contributed by atoms with Gasteiger partial charge in [-0.1, -0.05) is 13.8 Å². The molecule has 0 unspecified atom stereocenters. The number of benzene rings is 1. The van der Waals surface area contributed by atoms with Gasteiger partial charge in [-0.2, -0.15) is 5.26 Å². The standard InChI is InChI=1S/C16H18N4O3/c1-11(2)10-23-6-5-18-16-7-12(9-17)14-8-13(20(21)22)3-4-15(14)19-16/h3-4,7-8,11H,5-6,10H2,1-2H3,(H,18,19). The molecule has 0 spiro atoms. The second-order valence-corrected chi connectivity index (χ2v) is 5.52. The van der Waals surface area contributed by atoms with Crippen molar-refractivity contribution in [3.8, 4) is 6.07 Å². The highest BCUT2D eigenvalue weighted by Crippen LogP contribution is 2.24. The first kappa shape index (κ1) is 16.6. The fourth-order valence-corrected chi connectivity index (χ4v) is 2.08. The van der Waals surface area contributed by atoms with Crippen molar-refractivity contribution in [3.05, 3.63) is 39.9 Å². The molecule has 0 aliphatic heterocycles. The first-order chi connectivity index (χ1) is 11.0. The number of nitrogens with one attached hydrogen (secondary N) is 1. The van der Waals surface area contributed by atoms with Crippen molar-refractivity contribution in [1.82, 2.24) is 4.98 Å². The number of nitriles is 1. The number of aromatic nitrogens is 1. The molecule has 0 saturated carbocycles. The summed E-state index contributed by atoms with van der Waals surface area (Å²) in [5.74, 6) is 1.03. The van der Waals surface area contributed by atoms with E-state index in [2.05, 4.69) is 30.2 Å². The van der Waals surface area contributed by atoms with E-state index < -0.39 is 4.92 Å². The van der Waals surface area contributed by atoms with E-state index in [1.807, 2.05) is 0 Å². The fraction of sp³-hybridized carbons (Fsp3) is 0.375. The number of hydrogen-bond donors (Lipinski definition) is 1. The Hall–Kier alpha value is -2.72. The lowest BCUT2D eigenvalue weighted by molar-refractivity contribution is -0.384. The highest BCUT2D eigenvalue weighted by Gasteiger charge is 2.11. The Morgan fingerprint density at radius 1 is 1.43 bits per heavy atom. The molecule has 0 fully saturated rings. The maximum atomic E-state index is 10.8. The van der Waals surface area contributed by atoms with E-state index in [-0.39, 0.29) is 5.69 Å². The number of anilines is 1. The summed E-state index contributed by atoms with van der Waals surface area (Å²) in [5.41, 5.74) is 0.836. The Morgan fingerprint density at radius 3 is 2.87 bits per heavy atom. The highest BCUT2D eigenvalue weighted by molar-refractivity contribution is 5.88. The van der Waals surface area contributed by atoms with E-state index in [9.17, 15) is 15.4 Å². The predicted octanol–water partition coefficient (Wildman–Crippen LogP) is 3.10. The van der Waals surface area contributed by atoms with Crippen LogP contribution in [0.1, 0.15) is 19.4 Å². The van der Waals surface area contributed by atoms with Crippen LogP contribution < -0.4 is 5.32 Å². The Morgan fingerprint density at radius 2 is 2.22 bits per heavy atom. The number of nitro benzene ring substituents is 1. The molecule has 7 nitrogen and oxygen atoms in total. The van der Waals surface area contributed by atoms with E-state index in [1.54, 1.807) is 12.1 Å². The maximum Gasteiger partial charge on any atom is 0.270 e. The zero-order chi connectivity index (χ0) is 16.8. The van der Waals surface area contributed by atoms with Crippen LogP contribution >= 0.6 is 0 Å². The number of rotatable bonds is 7. The zero-order valence-electron chi connectivity index (χ0n) is 13.1. The van der Waals surface area contributed by atoms with Crippen LogP contribution in [0.15, 0.2) is 24.3 Å². The van der Waals surface area contributed by atoms with Crippen molar-refractivity contribution in [2.75, 3.05) is 25.1 Å². The minimum absolute atomic E-state index is 0.0569. The molecule has 2 rings (SSSR count). The molecule has 1 aromatic carbocycles. The van der Waals surface area contributed by atoms with E-state index in [0.29, 0.717) is 48.0 Å². The van der Waals surface area contributed by atoms with Gasteiger partial charge in [-0.05, 0) is 18.1 Å². The molecule has 2 aromatic rings. The summed E-state index contributed by atoms with van der Waals surface area (Å²) < 4.78 is 5.47. The average molecular weight is 314 g/mol. The molecular formula is C16H18N4O3. The first-order valence-corrected chi connectivity index (χ1v) is 7.32. The van der Waals surface area contributed by atoms with Crippen molar-refractivity contribution in [1.29, 1.82) is 5.26 Å². The third kappa shape index (κ3) is 4.37. The average Bonchev–Trinajstić information content (AvgIpc) is 2.52. The largest absolute Gasteiger partial charge is 0.379 e. The summed E-state index contributed by atoms with van der Waals surface area (Å²) in [6, 6.07) is 7.95. The molecule has 1 N–H and O–H groups in total. The van der Waals surface area contributed by atoms with Gasteiger partial charge in [-0.15, -0.1) is 0 Å². The van der Waals surface area contributed by atoms with Gasteiger partial charge in [0, 0.05) is 30.7 Å². The maximum absolute atomic E-state index is 10.8. The molecule has 0 aliphatic carbocycles. The lowest BCUT2D eigenvalue weighted by atomic mass is 10.1. The molecule has 0 amide bonds. The monoisotopic (exact) mass is 314 g/mol. The second-order valence-electron chi connectivity index (χ2n) is 5.52. The third-order valence-corrected chi connectivity index (χ3v) is 3.13. The van der Waals surface area contributed by atoms with Crippen LogP contribution in [0, 0.1) is 27.4 Å². The van der Waals surface area contributed by atoms with Crippen molar-refractivity contribution >= 4 is 22.4 Å². The Balaban J connectivity index is 2.15. The summed E-state index contributed by atoms with van der Waals surface area (Å²) in [6.07, 6.45) is 0. The van der Waals surface area contributed by atoms with E-state index in [4.69, 9.17) is 4.74 Å². The van der Waals surface area contributed by atoms with Gasteiger partial charge in [-0.3, -0.25) is 10.1 Å². The molecule has 120 valence electrons. The first-order valence-electron chi connectivity index (χ1n) is 7.32. The van der Waals surface area contributed by atoms with Gasteiger partial charge in [0.1, 0.15) is 5.82 Å². The topological polar surface area (TPSA) is 101 Å². The number of nitrogens with zero attached hydrogens (tertiary/aromatic N) is 3. The van der Waals surface area contributed by atoms with Crippen LogP contribution in [0.2, 0.25) is 0 Å². The lowest BCUT2D eigenvalue weighted by Crippen LogP contribution is -2.13. The van der Waals surface area contributed by atoms with Gasteiger partial charge in [-0.25, -0.2) is 4.98 Å². The minimum atomic E-state index is -0.487. The van der Waals surface area contributed by atoms with Gasteiger partial charge in [0.15, 0.2) is 0 Å². The molecule has 0 radical (unpaired) electrons. The molecule has 0 bridgehead atoms. The van der Waals surface area contributed by atoms with Crippen LogP contribution in [-0.4, -0.2) is 29.7 Å². The lowest BCUT2D eigenvalue weighted by Gasteiger charge is -2.09. The number of nitro groups is 1. The van der Waals surface area contributed by atoms with Crippen molar-refractivity contribution < 1.29 is 9.66 Å². The number of fused-ring (bicyclic) bond motifs is 1. The molecule has 1 heterocycles. The van der Waals surface area contributed by atoms with Gasteiger partial charge in [0.25, 0.3) is 5.69 Å². The van der Waals surface area contributed by atoms with Gasteiger partial charge in [0.05, 0.1) is 28.7 Å². The number of ether oxygens (including phenoxy) is 1. The summed E-state index contributed by atoms with van der Waals surface area (Å²) in [5, 5.41) is 23.7. The van der Waals surface area contributed by atoms with Crippen LogP contribution in [0.25, 0.3) is 10.9 Å². The number of pyridine rings is 1. The number of non-ortho nitro benzene ring substituents is 1. The van der Waals surface area contributed by atoms with Crippen LogP contribution in [0.5, 0.6) is 0 Å². The smallest absolute Gasteiger partial charge is 0.270 e. The van der Waals surface area contributed by atoms with Gasteiger partial charge in [0.2, 0.25) is 0 Å². The molecule has 0 atom stereocenters. The molecular weight excluding hydrogens is 296 g/mol. The molecule has 7 heteroatoms. The normalized spacial score (nSPS) is 10.7. The van der Waals surface area contributed by atoms with Crippen molar-refractivity contribution in [3.63, 3.8) is 0 Å².